The number of piperidine rings is 1. The van der Waals surface area contributed by atoms with E-state index < -0.39 is 11.7 Å². The minimum absolute atomic E-state index is 0.0309. The van der Waals surface area contributed by atoms with Crippen LogP contribution in [0.3, 0.4) is 0 Å². The van der Waals surface area contributed by atoms with Crippen molar-refractivity contribution in [2.45, 2.75) is 70.9 Å². The first-order valence-electron chi connectivity index (χ1n) is 11.3. The number of anilines is 1. The summed E-state index contributed by atoms with van der Waals surface area (Å²) >= 11 is 1.39. The summed E-state index contributed by atoms with van der Waals surface area (Å²) in [7, 11) is 0. The van der Waals surface area contributed by atoms with Gasteiger partial charge in [0.05, 0.1) is 16.3 Å². The fourth-order valence-electron chi connectivity index (χ4n) is 5.27. The minimum Gasteiger partial charge on any atom is -0.444 e. The first kappa shape index (κ1) is 20.9. The molecule has 6 nitrogen and oxygen atoms in total. The first-order chi connectivity index (χ1) is 14.5. The van der Waals surface area contributed by atoms with E-state index in [-0.39, 0.29) is 23.2 Å². The van der Waals surface area contributed by atoms with Crippen molar-refractivity contribution in [3.8, 4) is 0 Å². The molecular weight excluding hydrogens is 410 g/mol. The Morgan fingerprint density at radius 2 is 2.10 bits per heavy atom. The Labute approximate surface area is 187 Å². The predicted octanol–water partition coefficient (Wildman–Crippen LogP) is 5.22. The maximum atomic E-state index is 13.6. The molecule has 1 N–H and O–H groups in total. The van der Waals surface area contributed by atoms with Gasteiger partial charge >= 0.3 is 6.09 Å². The van der Waals surface area contributed by atoms with Gasteiger partial charge < -0.3 is 4.74 Å². The monoisotopic (exact) mass is 441 g/mol. The highest BCUT2D eigenvalue weighted by molar-refractivity contribution is 7.22. The number of hydrogen-bond donors (Lipinski definition) is 1. The van der Waals surface area contributed by atoms with Gasteiger partial charge in [-0.05, 0) is 81.5 Å². The molecule has 1 aromatic heterocycles. The molecule has 1 saturated heterocycles. The number of carbonyl (C=O) groups is 2. The molecule has 2 aliphatic carbocycles. The van der Waals surface area contributed by atoms with E-state index in [2.05, 4.69) is 35.1 Å². The van der Waals surface area contributed by atoms with Crippen LogP contribution in [-0.2, 0) is 10.2 Å². The number of thiazole rings is 1. The number of benzene rings is 1. The Morgan fingerprint density at radius 1 is 1.35 bits per heavy atom. The van der Waals surface area contributed by atoms with Gasteiger partial charge in [0, 0.05) is 12.1 Å². The number of amides is 1. The Kier molecular flexibility index (Phi) is 4.72. The number of likely N-dealkylation sites (tertiary alicyclic amines) is 1. The maximum absolute atomic E-state index is 13.6. The summed E-state index contributed by atoms with van der Waals surface area (Å²) in [5.41, 5.74) is 2.18. The van der Waals surface area contributed by atoms with Gasteiger partial charge in [-0.25, -0.2) is 9.78 Å². The number of ketones is 1. The zero-order valence-electron chi connectivity index (χ0n) is 18.9. The van der Waals surface area contributed by atoms with E-state index in [1.807, 2.05) is 26.8 Å². The third kappa shape index (κ3) is 3.65. The number of aromatic nitrogens is 1. The number of fused-ring (bicyclic) bond motifs is 5. The highest BCUT2D eigenvalue weighted by Crippen LogP contribution is 2.50. The molecule has 2 aromatic rings. The summed E-state index contributed by atoms with van der Waals surface area (Å²) in [5, 5.41) is 3.24. The summed E-state index contributed by atoms with van der Waals surface area (Å²) in [5.74, 6) is 1.30. The van der Waals surface area contributed by atoms with Crippen molar-refractivity contribution in [1.29, 1.82) is 0 Å². The number of nitrogens with zero attached hydrogens (tertiary/aromatic N) is 2. The van der Waals surface area contributed by atoms with Gasteiger partial charge in [-0.15, -0.1) is 0 Å². The summed E-state index contributed by atoms with van der Waals surface area (Å²) in [6.45, 7) is 12.1. The second-order valence-corrected chi connectivity index (χ2v) is 11.7. The van der Waals surface area contributed by atoms with E-state index in [0.717, 1.165) is 46.8 Å². The quantitative estimate of drug-likeness (QED) is 0.707. The standard InChI is InChI=1S/C24H31N3O3S/c1-13-19-20(28)15-10-18-17(25-21(31-18)26-22(29)30-23(2,3)4)11-16(15)24(13,5)8-9-27(19)12-14-6-7-14/h10-11,13-14,19H,6-9,12H2,1-5H3,(H,25,26,29)/t13-,19?,24+/m0/s1. The van der Waals surface area contributed by atoms with Crippen LogP contribution in [0.4, 0.5) is 9.93 Å². The number of hydrogen-bond acceptors (Lipinski definition) is 6. The molecule has 31 heavy (non-hydrogen) atoms. The van der Waals surface area contributed by atoms with Crippen molar-refractivity contribution < 1.29 is 14.3 Å². The lowest BCUT2D eigenvalue weighted by atomic mass is 9.58. The van der Waals surface area contributed by atoms with E-state index in [1.54, 1.807) is 0 Å². The lowest BCUT2D eigenvalue weighted by Gasteiger charge is -2.53. The van der Waals surface area contributed by atoms with Crippen molar-refractivity contribution in [2.75, 3.05) is 18.4 Å². The second-order valence-electron chi connectivity index (χ2n) is 10.7. The zero-order valence-corrected chi connectivity index (χ0v) is 19.8. The van der Waals surface area contributed by atoms with Gasteiger partial charge in [0.2, 0.25) is 0 Å². The smallest absolute Gasteiger partial charge is 0.413 e. The Morgan fingerprint density at radius 3 is 2.77 bits per heavy atom. The largest absolute Gasteiger partial charge is 0.444 e. The van der Waals surface area contributed by atoms with Crippen LogP contribution in [-0.4, -0.2) is 46.5 Å². The van der Waals surface area contributed by atoms with Crippen LogP contribution >= 0.6 is 11.3 Å². The predicted molar refractivity (Wildman–Crippen MR) is 123 cm³/mol. The molecule has 1 aromatic carbocycles. The van der Waals surface area contributed by atoms with Gasteiger partial charge in [0.15, 0.2) is 10.9 Å². The molecule has 5 rings (SSSR count). The summed E-state index contributed by atoms with van der Waals surface area (Å²) in [6, 6.07) is 4.06. The van der Waals surface area contributed by atoms with Crippen LogP contribution < -0.4 is 5.32 Å². The van der Waals surface area contributed by atoms with Crippen molar-refractivity contribution in [2.24, 2.45) is 11.8 Å². The molecule has 3 aliphatic rings. The molecule has 0 radical (unpaired) electrons. The van der Waals surface area contributed by atoms with Crippen LogP contribution in [0.15, 0.2) is 12.1 Å². The first-order valence-corrected chi connectivity index (χ1v) is 12.1. The minimum atomic E-state index is -0.569. The topological polar surface area (TPSA) is 71.5 Å². The van der Waals surface area contributed by atoms with Crippen LogP contribution in [0.1, 0.15) is 69.8 Å². The molecule has 0 spiro atoms. The fourth-order valence-corrected chi connectivity index (χ4v) is 6.14. The average molecular weight is 442 g/mol. The van der Waals surface area contributed by atoms with Gasteiger partial charge in [0.1, 0.15) is 5.60 Å². The summed E-state index contributed by atoms with van der Waals surface area (Å²) in [4.78, 5) is 32.9. The van der Waals surface area contributed by atoms with Gasteiger partial charge in [0.25, 0.3) is 0 Å². The number of rotatable bonds is 3. The lowest BCUT2D eigenvalue weighted by molar-refractivity contribution is 0.0267. The van der Waals surface area contributed by atoms with Crippen LogP contribution in [0.5, 0.6) is 0 Å². The normalized spacial score (nSPS) is 28.5. The van der Waals surface area contributed by atoms with E-state index in [4.69, 9.17) is 4.74 Å². The Bertz CT molecular complexity index is 1070. The summed E-state index contributed by atoms with van der Waals surface area (Å²) < 4.78 is 6.27. The maximum Gasteiger partial charge on any atom is 0.413 e. The molecular formula is C24H31N3O3S. The second kappa shape index (κ2) is 7.01. The SMILES string of the molecule is C[C@H]1C2C(=O)c3cc4sc(NC(=O)OC(C)(C)C)nc4cc3[C@]1(C)CCN2CC1CC1. The molecule has 2 heterocycles. The highest BCUT2D eigenvalue weighted by Gasteiger charge is 2.53. The van der Waals surface area contributed by atoms with Gasteiger partial charge in [-0.2, -0.15) is 0 Å². The van der Waals surface area contributed by atoms with E-state index in [0.29, 0.717) is 5.13 Å². The van der Waals surface area contributed by atoms with Crippen molar-refractivity contribution in [3.05, 3.63) is 23.3 Å². The number of Topliss-reactive ketones (excluding diaryl/α,β-unsaturated/α-hetero) is 1. The molecule has 7 heteroatoms. The fraction of sp³-hybridized carbons (Fsp3) is 0.625. The third-order valence-corrected chi connectivity index (χ3v) is 8.20. The highest BCUT2D eigenvalue weighted by atomic mass is 32.1. The molecule has 1 saturated carbocycles. The van der Waals surface area contributed by atoms with E-state index in [9.17, 15) is 9.59 Å². The molecule has 166 valence electrons. The lowest BCUT2D eigenvalue weighted by Crippen LogP contribution is -2.61. The summed E-state index contributed by atoms with van der Waals surface area (Å²) in [6.07, 6.45) is 3.14. The van der Waals surface area contributed by atoms with Crippen LogP contribution in [0.25, 0.3) is 10.2 Å². The molecule has 3 atom stereocenters. The molecule has 2 fully saturated rings. The molecule has 1 aliphatic heterocycles. The van der Waals surface area contributed by atoms with Gasteiger partial charge in [-0.3, -0.25) is 15.0 Å². The van der Waals surface area contributed by atoms with Crippen molar-refractivity contribution >= 4 is 38.6 Å². The number of nitrogens with one attached hydrogen (secondary N) is 1. The zero-order chi connectivity index (χ0) is 22.1. The Balaban J connectivity index is 1.49. The van der Waals surface area contributed by atoms with Crippen LogP contribution in [0, 0.1) is 11.8 Å². The molecule has 1 amide bonds. The van der Waals surface area contributed by atoms with Crippen molar-refractivity contribution in [1.82, 2.24) is 9.88 Å². The third-order valence-electron chi connectivity index (χ3n) is 7.26. The van der Waals surface area contributed by atoms with Crippen molar-refractivity contribution in [3.63, 3.8) is 0 Å². The molecule has 1 unspecified atom stereocenters. The van der Waals surface area contributed by atoms with Crippen LogP contribution in [0.2, 0.25) is 0 Å². The van der Waals surface area contributed by atoms with E-state index >= 15 is 0 Å². The Hall–Kier alpha value is -1.99. The van der Waals surface area contributed by atoms with Gasteiger partial charge in [-0.1, -0.05) is 25.2 Å². The van der Waals surface area contributed by atoms with E-state index in [1.165, 1.54) is 24.2 Å². The molecule has 2 bridgehead atoms. The number of carbonyl (C=O) groups excluding carboxylic acids is 2. The average Bonchev–Trinajstić information content (AvgIpc) is 3.38. The number of ether oxygens (including phenoxy) is 1.